The number of hydrogen-bond donors (Lipinski definition) is 1. The van der Waals surface area contributed by atoms with Gasteiger partial charge in [0.15, 0.2) is 17.5 Å². The number of hydrogen-bond acceptors (Lipinski definition) is 12. The lowest BCUT2D eigenvalue weighted by molar-refractivity contribution is -0.402. The predicted octanol–water partition coefficient (Wildman–Crippen LogP) is 3.38. The van der Waals surface area contributed by atoms with Gasteiger partial charge in [-0.25, -0.2) is 9.55 Å². The van der Waals surface area contributed by atoms with E-state index in [9.17, 15) is 14.7 Å². The minimum absolute atomic E-state index is 0.0248. The molecule has 0 aliphatic heterocycles. The van der Waals surface area contributed by atoms with Crippen LogP contribution in [-0.4, -0.2) is 44.5 Å². The molecule has 15 heteroatoms. The monoisotopic (exact) mass is 504 g/mol. The van der Waals surface area contributed by atoms with Gasteiger partial charge in [0.2, 0.25) is 11.8 Å². The maximum absolute atomic E-state index is 13.4. The highest BCUT2D eigenvalue weighted by Gasteiger charge is 2.30. The van der Waals surface area contributed by atoms with Crippen LogP contribution in [0.3, 0.4) is 0 Å². The number of nitro groups is 1. The van der Waals surface area contributed by atoms with Crippen LogP contribution >= 0.6 is 7.60 Å². The van der Waals surface area contributed by atoms with Gasteiger partial charge in [0.1, 0.15) is 4.92 Å². The Hall–Kier alpha value is -4.00. The van der Waals surface area contributed by atoms with E-state index in [4.69, 9.17) is 28.7 Å². The topological polar surface area (TPSA) is 180 Å². The van der Waals surface area contributed by atoms with Crippen molar-refractivity contribution in [3.8, 4) is 11.8 Å². The number of aromatic nitrogens is 4. The zero-order valence-corrected chi connectivity index (χ0v) is 19.4. The number of anilines is 1. The zero-order chi connectivity index (χ0) is 24.8. The molecule has 1 unspecified atom stereocenters. The molecule has 0 aliphatic carbocycles. The van der Waals surface area contributed by atoms with Gasteiger partial charge in [-0.15, -0.1) is 0 Å². The Morgan fingerprint density at radius 1 is 1.20 bits per heavy atom. The smallest absolute Gasteiger partial charge is 0.436 e. The van der Waals surface area contributed by atoms with Crippen LogP contribution in [0.25, 0.3) is 11.2 Å². The summed E-state index contributed by atoms with van der Waals surface area (Å²) in [4.78, 5) is 22.5. The first kappa shape index (κ1) is 24.1. The van der Waals surface area contributed by atoms with Crippen LogP contribution in [0.15, 0.2) is 53.2 Å². The Balaban J connectivity index is 1.42. The number of rotatable bonds is 12. The average molecular weight is 504 g/mol. The minimum atomic E-state index is -3.93. The molecule has 0 radical (unpaired) electrons. The molecular formula is C20H21N6O8P. The van der Waals surface area contributed by atoms with Crippen molar-refractivity contribution in [1.82, 2.24) is 19.5 Å². The number of fused-ring (bicyclic) bond motifs is 1. The van der Waals surface area contributed by atoms with E-state index < -0.39 is 24.8 Å². The Bertz CT molecular complexity index is 1360. The third kappa shape index (κ3) is 5.93. The first-order valence-electron chi connectivity index (χ1n) is 10.2. The first-order chi connectivity index (χ1) is 16.9. The Labute approximate surface area is 198 Å². The van der Waals surface area contributed by atoms with Crippen molar-refractivity contribution in [2.75, 3.05) is 25.8 Å². The van der Waals surface area contributed by atoms with E-state index in [1.165, 1.54) is 19.5 Å². The highest BCUT2D eigenvalue weighted by molar-refractivity contribution is 7.54. The van der Waals surface area contributed by atoms with Gasteiger partial charge in [-0.3, -0.25) is 14.6 Å². The lowest BCUT2D eigenvalue weighted by Gasteiger charge is -2.18. The molecule has 1 aromatic carbocycles. The Kier molecular flexibility index (Phi) is 7.25. The highest BCUT2D eigenvalue weighted by atomic mass is 31.2. The molecule has 3 heterocycles. The van der Waals surface area contributed by atoms with Gasteiger partial charge in [-0.2, -0.15) is 9.97 Å². The maximum atomic E-state index is 13.4. The van der Waals surface area contributed by atoms with Crippen molar-refractivity contribution >= 4 is 30.6 Å². The maximum Gasteiger partial charge on any atom is 0.436 e. The number of furan rings is 1. The molecule has 184 valence electrons. The second-order valence-corrected chi connectivity index (χ2v) is 8.97. The normalized spacial score (nSPS) is 12.9. The molecular weight excluding hydrogens is 483 g/mol. The van der Waals surface area contributed by atoms with Gasteiger partial charge < -0.3 is 28.7 Å². The van der Waals surface area contributed by atoms with Crippen LogP contribution in [0.2, 0.25) is 0 Å². The molecule has 0 fully saturated rings. The largest absolute Gasteiger partial charge is 0.479 e. The zero-order valence-electron chi connectivity index (χ0n) is 18.5. The molecule has 14 nitrogen and oxygen atoms in total. The van der Waals surface area contributed by atoms with Gasteiger partial charge >= 0.3 is 13.5 Å². The molecule has 4 aromatic rings. The second kappa shape index (κ2) is 10.5. The molecule has 0 aliphatic rings. The van der Waals surface area contributed by atoms with Crippen molar-refractivity contribution in [2.24, 2.45) is 0 Å². The summed E-state index contributed by atoms with van der Waals surface area (Å²) < 4.78 is 41.7. The summed E-state index contributed by atoms with van der Waals surface area (Å²) in [5, 5.41) is 10.9. The predicted molar refractivity (Wildman–Crippen MR) is 122 cm³/mol. The molecule has 0 bridgehead atoms. The quantitative estimate of drug-likeness (QED) is 0.129. The number of nitrogen functional groups attached to an aromatic ring is 1. The molecule has 0 saturated heterocycles. The fourth-order valence-electron chi connectivity index (χ4n) is 3.01. The number of nitrogens with zero attached hydrogens (tertiary/aromatic N) is 5. The highest BCUT2D eigenvalue weighted by Crippen LogP contribution is 2.49. The van der Waals surface area contributed by atoms with E-state index >= 15 is 0 Å². The SMILES string of the molecule is COc1nc(N)nc2c1ncn2CCOCP(=O)(OCc1ccccc1)Oc1ccc([N+](=O)[O-])o1. The van der Waals surface area contributed by atoms with Gasteiger partial charge in [-0.05, 0) is 5.56 Å². The van der Waals surface area contributed by atoms with E-state index in [0.29, 0.717) is 11.2 Å². The van der Waals surface area contributed by atoms with E-state index in [0.717, 1.165) is 11.6 Å². The van der Waals surface area contributed by atoms with Crippen molar-refractivity contribution in [2.45, 2.75) is 13.2 Å². The van der Waals surface area contributed by atoms with Crippen LogP contribution in [0, 0.1) is 10.1 Å². The fourth-order valence-corrected chi connectivity index (χ4v) is 4.26. The molecule has 35 heavy (non-hydrogen) atoms. The van der Waals surface area contributed by atoms with Crippen molar-refractivity contribution in [3.63, 3.8) is 0 Å². The number of methoxy groups -OCH3 is 1. The minimum Gasteiger partial charge on any atom is -0.479 e. The van der Waals surface area contributed by atoms with Gasteiger partial charge in [-0.1, -0.05) is 30.3 Å². The van der Waals surface area contributed by atoms with Crippen LogP contribution < -0.4 is 15.0 Å². The second-order valence-electron chi connectivity index (χ2n) is 7.05. The Morgan fingerprint density at radius 3 is 2.71 bits per heavy atom. The number of nitrogens with two attached hydrogens (primary N) is 1. The van der Waals surface area contributed by atoms with E-state index in [1.807, 2.05) is 6.07 Å². The summed E-state index contributed by atoms with van der Waals surface area (Å²) in [5.74, 6) is -0.612. The van der Waals surface area contributed by atoms with Crippen LogP contribution in [0.4, 0.5) is 11.8 Å². The molecule has 0 amide bonds. The molecule has 1 atom stereocenters. The van der Waals surface area contributed by atoms with Crippen LogP contribution in [0.1, 0.15) is 5.56 Å². The first-order valence-corrected chi connectivity index (χ1v) is 11.9. The summed E-state index contributed by atoms with van der Waals surface area (Å²) in [6, 6.07) is 11.3. The fraction of sp³-hybridized carbons (Fsp3) is 0.250. The van der Waals surface area contributed by atoms with Crippen molar-refractivity contribution in [1.29, 1.82) is 0 Å². The number of ether oxygens (including phenoxy) is 2. The molecule has 4 rings (SSSR count). The number of imidazole rings is 1. The standard InChI is InChI=1S/C20H21N6O8P/c1-30-19-17-18(23-20(21)24-19)25(12-22-17)9-10-31-13-35(29,32-11-14-5-3-2-4-6-14)34-16-8-7-15(33-16)26(27)28/h2-8,12H,9-11,13H2,1H3,(H2,21,23,24). The average Bonchev–Trinajstić information content (AvgIpc) is 3.48. The molecule has 0 saturated carbocycles. The summed E-state index contributed by atoms with van der Waals surface area (Å²) in [6.45, 7) is 0.325. The van der Waals surface area contributed by atoms with Crippen molar-refractivity contribution < 1.29 is 32.4 Å². The van der Waals surface area contributed by atoms with Crippen LogP contribution in [-0.2, 0) is 27.0 Å². The lowest BCUT2D eigenvalue weighted by atomic mass is 10.2. The van der Waals surface area contributed by atoms with Gasteiger partial charge in [0.05, 0.1) is 32.7 Å². The third-order valence-corrected chi connectivity index (χ3v) is 6.09. The molecule has 0 spiro atoms. The number of benzene rings is 1. The summed E-state index contributed by atoms with van der Waals surface area (Å²) >= 11 is 0. The van der Waals surface area contributed by atoms with Crippen LogP contribution in [0.5, 0.6) is 11.8 Å². The summed E-state index contributed by atoms with van der Waals surface area (Å²) in [7, 11) is -2.48. The third-order valence-electron chi connectivity index (χ3n) is 4.62. The Morgan fingerprint density at radius 2 is 2.00 bits per heavy atom. The lowest BCUT2D eigenvalue weighted by Crippen LogP contribution is -2.10. The van der Waals surface area contributed by atoms with Gasteiger partial charge in [0, 0.05) is 12.6 Å². The van der Waals surface area contributed by atoms with E-state index in [2.05, 4.69) is 15.0 Å². The van der Waals surface area contributed by atoms with Crippen molar-refractivity contribution in [3.05, 3.63) is 64.5 Å². The van der Waals surface area contributed by atoms with E-state index in [-0.39, 0.29) is 37.5 Å². The van der Waals surface area contributed by atoms with E-state index in [1.54, 1.807) is 28.8 Å². The molecule has 2 N–H and O–H groups in total. The summed E-state index contributed by atoms with van der Waals surface area (Å²) in [6.07, 6.45) is 1.08. The summed E-state index contributed by atoms with van der Waals surface area (Å²) in [5.41, 5.74) is 7.34. The van der Waals surface area contributed by atoms with Gasteiger partial charge in [0.25, 0.3) is 5.95 Å². The molecule has 3 aromatic heterocycles.